The van der Waals surface area contributed by atoms with Crippen LogP contribution in [-0.2, 0) is 0 Å². The summed E-state index contributed by atoms with van der Waals surface area (Å²) in [5, 5.41) is 6.33. The maximum absolute atomic E-state index is 12.5. The van der Waals surface area contributed by atoms with Crippen LogP contribution in [0.15, 0.2) is 47.6 Å². The molecule has 4 rings (SSSR count). The van der Waals surface area contributed by atoms with E-state index in [0.717, 1.165) is 16.8 Å². The topological polar surface area (TPSA) is 61.8 Å². The van der Waals surface area contributed by atoms with E-state index in [2.05, 4.69) is 15.4 Å². The van der Waals surface area contributed by atoms with Crippen molar-refractivity contribution in [1.29, 1.82) is 0 Å². The normalized spacial score (nSPS) is 22.3. The van der Waals surface area contributed by atoms with Gasteiger partial charge in [0.15, 0.2) is 0 Å². The molecule has 5 nitrogen and oxygen atoms in total. The van der Waals surface area contributed by atoms with E-state index in [-0.39, 0.29) is 18.1 Å². The van der Waals surface area contributed by atoms with Gasteiger partial charge in [0.25, 0.3) is 5.91 Å². The van der Waals surface area contributed by atoms with Gasteiger partial charge >= 0.3 is 0 Å². The van der Waals surface area contributed by atoms with Crippen molar-refractivity contribution in [1.82, 2.24) is 5.32 Å². The summed E-state index contributed by atoms with van der Waals surface area (Å²) in [5.41, 5.74) is 4.57. The van der Waals surface area contributed by atoms with Gasteiger partial charge in [-0.1, -0.05) is 47.1 Å². The van der Waals surface area contributed by atoms with Crippen molar-refractivity contribution < 1.29 is 4.79 Å². The van der Waals surface area contributed by atoms with Gasteiger partial charge in [-0.25, -0.2) is 0 Å². The van der Waals surface area contributed by atoms with Gasteiger partial charge in [0.1, 0.15) is 12.2 Å². The van der Waals surface area contributed by atoms with E-state index in [1.54, 1.807) is 6.07 Å². The Morgan fingerprint density at radius 1 is 1.17 bits per heavy atom. The van der Waals surface area contributed by atoms with E-state index in [4.69, 9.17) is 0 Å². The molecule has 2 aromatic rings. The third kappa shape index (κ3) is 2.11. The Morgan fingerprint density at radius 3 is 2.70 bits per heavy atom. The Bertz CT molecular complexity index is 785. The summed E-state index contributed by atoms with van der Waals surface area (Å²) >= 11 is 0. The quantitative estimate of drug-likeness (QED) is 0.864. The molecule has 0 fully saturated rings. The van der Waals surface area contributed by atoms with Crippen LogP contribution < -0.4 is 10.2 Å². The van der Waals surface area contributed by atoms with Crippen LogP contribution in [0.5, 0.6) is 0 Å². The molecule has 2 heterocycles. The Kier molecular flexibility index (Phi) is 3.15. The molecule has 0 spiro atoms. The van der Waals surface area contributed by atoms with Crippen LogP contribution >= 0.6 is 0 Å². The van der Waals surface area contributed by atoms with Crippen LogP contribution in [0.1, 0.15) is 45.7 Å². The Hall–Kier alpha value is -2.69. The summed E-state index contributed by atoms with van der Waals surface area (Å²) < 4.78 is 0. The number of carbonyl (C=O) groups excluding carboxylic acids is 1. The number of carbonyl (C=O) groups is 1. The van der Waals surface area contributed by atoms with Crippen LogP contribution in [0, 0.1) is 11.8 Å². The fourth-order valence-corrected chi connectivity index (χ4v) is 3.52. The van der Waals surface area contributed by atoms with Crippen molar-refractivity contribution in [2.45, 2.75) is 25.6 Å². The molecule has 2 aliphatic heterocycles. The second kappa shape index (κ2) is 5.19. The first-order valence-corrected chi connectivity index (χ1v) is 7.78. The molecule has 1 amide bonds. The van der Waals surface area contributed by atoms with Gasteiger partial charge in [-0.05, 0) is 25.0 Å². The lowest BCUT2D eigenvalue weighted by atomic mass is 9.90. The zero-order valence-electron chi connectivity index (χ0n) is 12.8. The predicted molar refractivity (Wildman–Crippen MR) is 88.3 cm³/mol. The summed E-state index contributed by atoms with van der Waals surface area (Å²) in [5.74, 6) is -0.102. The van der Waals surface area contributed by atoms with Crippen molar-refractivity contribution in [3.8, 4) is 0 Å². The summed E-state index contributed by atoms with van der Waals surface area (Å²) in [6.07, 6.45) is 0.461. The van der Waals surface area contributed by atoms with Crippen LogP contribution in [0.25, 0.3) is 0 Å². The lowest BCUT2D eigenvalue weighted by molar-refractivity contribution is 0.0925. The molecule has 5 heteroatoms. The maximum Gasteiger partial charge on any atom is 0.255 e. The van der Waals surface area contributed by atoms with E-state index >= 15 is 0 Å². The number of hydrogen-bond acceptors (Lipinski definition) is 4. The van der Waals surface area contributed by atoms with E-state index in [1.165, 1.54) is 5.56 Å². The molecule has 0 saturated carbocycles. The van der Waals surface area contributed by atoms with Crippen molar-refractivity contribution in [3.63, 3.8) is 0 Å². The van der Waals surface area contributed by atoms with Gasteiger partial charge in [-0.2, -0.15) is 4.91 Å². The number of nitrogens with one attached hydrogen (secondary N) is 1. The molecule has 2 aromatic carbocycles. The van der Waals surface area contributed by atoms with E-state index in [1.807, 2.05) is 43.3 Å². The third-order valence-electron chi connectivity index (χ3n) is 4.70. The second-order valence-corrected chi connectivity index (χ2v) is 6.13. The molecule has 0 saturated heterocycles. The SMILES string of the molecule is Cc1ccc(C2NC(=O)c3cccc4c3N2CCC4N=O)cc1. The van der Waals surface area contributed by atoms with Crippen molar-refractivity contribution in [2.24, 2.45) is 5.18 Å². The van der Waals surface area contributed by atoms with Crippen LogP contribution in [0.2, 0.25) is 0 Å². The third-order valence-corrected chi connectivity index (χ3v) is 4.70. The van der Waals surface area contributed by atoms with Crippen molar-refractivity contribution >= 4 is 11.6 Å². The zero-order valence-corrected chi connectivity index (χ0v) is 12.8. The number of benzene rings is 2. The van der Waals surface area contributed by atoms with Crippen molar-refractivity contribution in [2.75, 3.05) is 11.4 Å². The minimum absolute atomic E-state index is 0.102. The van der Waals surface area contributed by atoms with E-state index < -0.39 is 0 Å². The molecular weight excluding hydrogens is 290 g/mol. The summed E-state index contributed by atoms with van der Waals surface area (Å²) in [6, 6.07) is 13.3. The molecule has 2 unspecified atom stereocenters. The molecule has 0 bridgehead atoms. The lowest BCUT2D eigenvalue weighted by Crippen LogP contribution is -2.49. The van der Waals surface area contributed by atoms with Gasteiger partial charge in [-0.15, -0.1) is 0 Å². The second-order valence-electron chi connectivity index (χ2n) is 6.13. The number of hydrogen-bond donors (Lipinski definition) is 1. The molecular formula is C18H17N3O2. The van der Waals surface area contributed by atoms with Crippen LogP contribution in [-0.4, -0.2) is 12.5 Å². The molecule has 0 aliphatic carbocycles. The molecule has 0 radical (unpaired) electrons. The van der Waals surface area contributed by atoms with Gasteiger partial charge in [0, 0.05) is 12.1 Å². The molecule has 2 aliphatic rings. The smallest absolute Gasteiger partial charge is 0.255 e. The first-order valence-electron chi connectivity index (χ1n) is 7.78. The first-order chi connectivity index (χ1) is 11.2. The zero-order chi connectivity index (χ0) is 16.0. The number of amides is 1. The largest absolute Gasteiger partial charge is 0.346 e. The Labute approximate surface area is 134 Å². The Morgan fingerprint density at radius 2 is 1.96 bits per heavy atom. The fourth-order valence-electron chi connectivity index (χ4n) is 3.52. The van der Waals surface area contributed by atoms with E-state index in [0.29, 0.717) is 18.5 Å². The highest BCUT2D eigenvalue weighted by atomic mass is 16.3. The number of rotatable bonds is 2. The van der Waals surface area contributed by atoms with Crippen LogP contribution in [0.3, 0.4) is 0 Å². The highest BCUT2D eigenvalue weighted by Crippen LogP contribution is 2.43. The number of nitroso groups, excluding NO2 is 1. The predicted octanol–water partition coefficient (Wildman–Crippen LogP) is 3.45. The molecule has 2 atom stereocenters. The average Bonchev–Trinajstić information content (AvgIpc) is 2.58. The first kappa shape index (κ1) is 13.9. The van der Waals surface area contributed by atoms with Gasteiger partial charge in [0.05, 0.1) is 11.3 Å². The molecule has 0 aromatic heterocycles. The lowest BCUT2D eigenvalue weighted by Gasteiger charge is -2.43. The fraction of sp³-hybridized carbons (Fsp3) is 0.278. The minimum atomic E-state index is -0.370. The monoisotopic (exact) mass is 307 g/mol. The summed E-state index contributed by atoms with van der Waals surface area (Å²) in [4.78, 5) is 25.8. The van der Waals surface area contributed by atoms with E-state index in [9.17, 15) is 9.70 Å². The number of para-hydroxylation sites is 1. The molecule has 116 valence electrons. The molecule has 1 N–H and O–H groups in total. The van der Waals surface area contributed by atoms with Gasteiger partial charge in [0.2, 0.25) is 0 Å². The molecule has 23 heavy (non-hydrogen) atoms. The minimum Gasteiger partial charge on any atom is -0.346 e. The average molecular weight is 307 g/mol. The number of anilines is 1. The standard InChI is InChI=1S/C18H17N3O2/c1-11-5-7-12(8-6-11)17-19-18(22)14-4-2-3-13-15(20-23)9-10-21(17)16(13)14/h2-8,15,17H,9-10H2,1H3,(H,19,22). The summed E-state index contributed by atoms with van der Waals surface area (Å²) in [6.45, 7) is 2.73. The number of aryl methyl sites for hydroxylation is 1. The summed E-state index contributed by atoms with van der Waals surface area (Å²) in [7, 11) is 0. The highest BCUT2D eigenvalue weighted by Gasteiger charge is 2.38. The number of nitrogens with zero attached hydrogens (tertiary/aromatic N) is 2. The van der Waals surface area contributed by atoms with Gasteiger partial charge in [-0.3, -0.25) is 4.79 Å². The van der Waals surface area contributed by atoms with Crippen LogP contribution in [0.4, 0.5) is 5.69 Å². The maximum atomic E-state index is 12.5. The highest BCUT2D eigenvalue weighted by molar-refractivity contribution is 6.03. The van der Waals surface area contributed by atoms with Crippen molar-refractivity contribution in [3.05, 3.63) is 69.6 Å². The van der Waals surface area contributed by atoms with Gasteiger partial charge < -0.3 is 10.2 Å². The Balaban J connectivity index is 1.85.